The molecule has 4 rings (SSSR count). The van der Waals surface area contributed by atoms with E-state index >= 15 is 0 Å². The fraction of sp³-hybridized carbons (Fsp3) is 0.550. The van der Waals surface area contributed by atoms with Crippen molar-refractivity contribution in [1.29, 1.82) is 0 Å². The van der Waals surface area contributed by atoms with E-state index in [1.807, 2.05) is 0 Å². The van der Waals surface area contributed by atoms with Crippen molar-refractivity contribution < 1.29 is 18.3 Å². The number of halogens is 2. The second-order valence-electron chi connectivity index (χ2n) is 7.56. The molecule has 0 bridgehead atoms. The lowest BCUT2D eigenvalue weighted by molar-refractivity contribution is -0.0497. The van der Waals surface area contributed by atoms with E-state index in [1.54, 1.807) is 17.0 Å². The molecular weight excluding hydrogens is 380 g/mol. The van der Waals surface area contributed by atoms with Crippen LogP contribution in [0.4, 0.5) is 19.3 Å². The van der Waals surface area contributed by atoms with Gasteiger partial charge in [0.05, 0.1) is 0 Å². The summed E-state index contributed by atoms with van der Waals surface area (Å²) in [5.74, 6) is 2.20. The number of piperidine rings is 1. The van der Waals surface area contributed by atoms with E-state index in [4.69, 9.17) is 0 Å². The van der Waals surface area contributed by atoms with Gasteiger partial charge < -0.3 is 19.5 Å². The minimum absolute atomic E-state index is 0.0143. The van der Waals surface area contributed by atoms with Gasteiger partial charge in [0, 0.05) is 43.7 Å². The number of nitrogens with one attached hydrogen (secondary N) is 1. The zero-order valence-corrected chi connectivity index (χ0v) is 16.2. The van der Waals surface area contributed by atoms with E-state index in [0.29, 0.717) is 18.8 Å². The van der Waals surface area contributed by atoms with Gasteiger partial charge in [-0.25, -0.2) is 4.79 Å². The molecule has 2 aromatic rings. The number of benzene rings is 1. The lowest BCUT2D eigenvalue weighted by atomic mass is 9.97. The number of aryl methyl sites for hydroxylation is 1. The molecule has 1 N–H and O–H groups in total. The number of fused-ring (bicyclic) bond motifs is 1. The van der Waals surface area contributed by atoms with Crippen molar-refractivity contribution in [3.8, 4) is 5.75 Å². The minimum Gasteiger partial charge on any atom is -0.435 e. The van der Waals surface area contributed by atoms with E-state index in [0.717, 1.165) is 50.3 Å². The predicted molar refractivity (Wildman–Crippen MR) is 103 cm³/mol. The molecule has 1 fully saturated rings. The fourth-order valence-electron chi connectivity index (χ4n) is 4.13. The van der Waals surface area contributed by atoms with Crippen LogP contribution < -0.4 is 10.1 Å². The first-order valence-electron chi connectivity index (χ1n) is 10.1. The molecule has 2 aliphatic heterocycles. The van der Waals surface area contributed by atoms with E-state index in [1.165, 1.54) is 18.6 Å². The third-order valence-corrected chi connectivity index (χ3v) is 5.52. The molecule has 1 saturated heterocycles. The number of hydrogen-bond acceptors (Lipinski definition) is 4. The number of anilines is 1. The first kappa shape index (κ1) is 19.6. The van der Waals surface area contributed by atoms with Gasteiger partial charge in [0.15, 0.2) is 0 Å². The summed E-state index contributed by atoms with van der Waals surface area (Å²) in [7, 11) is 0. The molecule has 2 aliphatic rings. The van der Waals surface area contributed by atoms with Crippen LogP contribution in [-0.2, 0) is 13.0 Å². The number of amides is 2. The lowest BCUT2D eigenvalue weighted by Crippen LogP contribution is -2.42. The van der Waals surface area contributed by atoms with Crippen LogP contribution in [0.1, 0.15) is 49.7 Å². The van der Waals surface area contributed by atoms with Gasteiger partial charge in [0.2, 0.25) is 0 Å². The Bertz CT molecular complexity index is 857. The third-order valence-electron chi connectivity index (χ3n) is 5.52. The Morgan fingerprint density at radius 3 is 2.93 bits per heavy atom. The van der Waals surface area contributed by atoms with Gasteiger partial charge in [-0.3, -0.25) is 0 Å². The molecule has 0 aliphatic carbocycles. The van der Waals surface area contributed by atoms with Crippen molar-refractivity contribution in [2.75, 3.05) is 18.4 Å². The molecule has 156 valence electrons. The van der Waals surface area contributed by atoms with Crippen LogP contribution >= 0.6 is 0 Å². The highest BCUT2D eigenvalue weighted by Gasteiger charge is 2.29. The number of likely N-dealkylation sites (tertiary alicyclic amines) is 1. The summed E-state index contributed by atoms with van der Waals surface area (Å²) in [5, 5.41) is 11.6. The molecule has 3 heterocycles. The number of urea groups is 1. The van der Waals surface area contributed by atoms with E-state index < -0.39 is 6.61 Å². The maximum atomic E-state index is 12.7. The van der Waals surface area contributed by atoms with Gasteiger partial charge in [0.25, 0.3) is 0 Å². The van der Waals surface area contributed by atoms with Crippen LogP contribution in [0.15, 0.2) is 24.3 Å². The number of carbonyl (C=O) groups is 1. The Hall–Kier alpha value is -2.71. The van der Waals surface area contributed by atoms with Gasteiger partial charge in [-0.15, -0.1) is 10.2 Å². The SMILES string of the molecule is O=C(Nc1cccc(OC(F)F)c1)N1CCCC(c2nnc3n2CCCCC3)C1. The maximum absolute atomic E-state index is 12.7. The standard InChI is InChI=1S/C20H25F2N5O2/c21-19(22)29-16-8-4-7-15(12-16)23-20(28)26-10-5-6-14(13-26)18-25-24-17-9-2-1-3-11-27(17)18/h4,7-8,12,14,19H,1-3,5-6,9-11,13H2,(H,23,28). The normalized spacial score (nSPS) is 19.6. The highest BCUT2D eigenvalue weighted by atomic mass is 19.3. The van der Waals surface area contributed by atoms with Gasteiger partial charge in [-0.2, -0.15) is 8.78 Å². The average Bonchev–Trinajstić information content (AvgIpc) is 2.96. The largest absolute Gasteiger partial charge is 0.435 e. The minimum atomic E-state index is -2.90. The highest BCUT2D eigenvalue weighted by molar-refractivity contribution is 5.89. The van der Waals surface area contributed by atoms with E-state index in [2.05, 4.69) is 24.8 Å². The van der Waals surface area contributed by atoms with Crippen LogP contribution in [0.3, 0.4) is 0 Å². The smallest absolute Gasteiger partial charge is 0.387 e. The summed E-state index contributed by atoms with van der Waals surface area (Å²) < 4.78 is 31.4. The summed E-state index contributed by atoms with van der Waals surface area (Å²) in [4.78, 5) is 14.5. The summed E-state index contributed by atoms with van der Waals surface area (Å²) in [6.07, 6.45) is 6.30. The van der Waals surface area contributed by atoms with Crippen molar-refractivity contribution in [1.82, 2.24) is 19.7 Å². The van der Waals surface area contributed by atoms with Crippen molar-refractivity contribution in [3.05, 3.63) is 35.9 Å². The first-order valence-corrected chi connectivity index (χ1v) is 10.1. The number of rotatable bonds is 4. The maximum Gasteiger partial charge on any atom is 0.387 e. The number of alkyl halides is 2. The molecule has 0 spiro atoms. The molecule has 7 nitrogen and oxygen atoms in total. The van der Waals surface area contributed by atoms with Gasteiger partial charge in [-0.05, 0) is 37.8 Å². The number of aromatic nitrogens is 3. The van der Waals surface area contributed by atoms with Crippen LogP contribution in [0.25, 0.3) is 0 Å². The van der Waals surface area contributed by atoms with Crippen molar-refractivity contribution in [2.45, 2.75) is 57.6 Å². The molecule has 0 saturated carbocycles. The quantitative estimate of drug-likeness (QED) is 0.834. The molecule has 0 radical (unpaired) electrons. The second-order valence-corrected chi connectivity index (χ2v) is 7.56. The Morgan fingerprint density at radius 1 is 1.17 bits per heavy atom. The second kappa shape index (κ2) is 8.75. The van der Waals surface area contributed by atoms with E-state index in [-0.39, 0.29) is 17.7 Å². The molecule has 1 unspecified atom stereocenters. The molecule has 1 aromatic heterocycles. The highest BCUT2D eigenvalue weighted by Crippen LogP contribution is 2.28. The molecule has 9 heteroatoms. The molecule has 1 aromatic carbocycles. The molecule has 1 atom stereocenters. The summed E-state index contributed by atoms with van der Waals surface area (Å²) in [5.41, 5.74) is 0.423. The average molecular weight is 405 g/mol. The van der Waals surface area contributed by atoms with E-state index in [9.17, 15) is 13.6 Å². The van der Waals surface area contributed by atoms with Crippen LogP contribution in [0, 0.1) is 0 Å². The van der Waals surface area contributed by atoms with Gasteiger partial charge in [0.1, 0.15) is 17.4 Å². The first-order chi connectivity index (χ1) is 14.1. The third kappa shape index (κ3) is 4.65. The summed E-state index contributed by atoms with van der Waals surface area (Å²) >= 11 is 0. The lowest BCUT2D eigenvalue weighted by Gasteiger charge is -2.32. The number of ether oxygens (including phenoxy) is 1. The molecule has 29 heavy (non-hydrogen) atoms. The predicted octanol–water partition coefficient (Wildman–Crippen LogP) is 4.02. The number of carbonyl (C=O) groups excluding carboxylic acids is 1. The fourth-order valence-corrected chi connectivity index (χ4v) is 4.13. The summed E-state index contributed by atoms with van der Waals surface area (Å²) in [6.45, 7) is -0.743. The Morgan fingerprint density at radius 2 is 2.07 bits per heavy atom. The molecule has 2 amide bonds. The van der Waals surface area contributed by atoms with Crippen molar-refractivity contribution in [3.63, 3.8) is 0 Å². The zero-order chi connectivity index (χ0) is 20.2. The topological polar surface area (TPSA) is 72.3 Å². The zero-order valence-electron chi connectivity index (χ0n) is 16.2. The van der Waals surface area contributed by atoms with Gasteiger partial charge in [-0.1, -0.05) is 12.5 Å². The Labute approximate surface area is 168 Å². The number of nitrogens with zero attached hydrogens (tertiary/aromatic N) is 4. The van der Waals surface area contributed by atoms with Crippen LogP contribution in [-0.4, -0.2) is 45.4 Å². The Kier molecular flexibility index (Phi) is 5.92. The monoisotopic (exact) mass is 405 g/mol. The van der Waals surface area contributed by atoms with Gasteiger partial charge >= 0.3 is 12.6 Å². The van der Waals surface area contributed by atoms with Crippen molar-refractivity contribution >= 4 is 11.7 Å². The van der Waals surface area contributed by atoms with Crippen LogP contribution in [0.2, 0.25) is 0 Å². The number of hydrogen-bond donors (Lipinski definition) is 1. The Balaban J connectivity index is 1.42. The van der Waals surface area contributed by atoms with Crippen molar-refractivity contribution in [2.24, 2.45) is 0 Å². The summed E-state index contributed by atoms with van der Waals surface area (Å²) in [6, 6.07) is 5.78. The molecular formula is C20H25F2N5O2. The van der Waals surface area contributed by atoms with Crippen LogP contribution in [0.5, 0.6) is 5.75 Å².